The van der Waals surface area contributed by atoms with Crippen LogP contribution in [0.4, 0.5) is 8.78 Å². The first kappa shape index (κ1) is 30.6. The molecule has 0 aliphatic heterocycles. The number of nitrogens with two attached hydrogens (primary N) is 1. The predicted octanol–water partition coefficient (Wildman–Crippen LogP) is 5.99. The van der Waals surface area contributed by atoms with Crippen LogP contribution in [0.25, 0.3) is 0 Å². The molecule has 1 atom stereocenters. The highest BCUT2D eigenvalue weighted by Gasteiger charge is 2.32. The van der Waals surface area contributed by atoms with E-state index in [0.717, 1.165) is 17.5 Å². The summed E-state index contributed by atoms with van der Waals surface area (Å²) in [7, 11) is 0. The molecule has 3 N–H and O–H groups in total. The minimum Gasteiger partial charge on any atom is -0.479 e. The Hall–Kier alpha value is -3.62. The molecule has 2 aromatic rings. The minimum absolute atomic E-state index is 0.0823. The van der Waals surface area contributed by atoms with Crippen molar-refractivity contribution in [3.63, 3.8) is 0 Å². The number of oxime groups is 1. The van der Waals surface area contributed by atoms with Crippen molar-refractivity contribution in [2.24, 2.45) is 10.9 Å². The van der Waals surface area contributed by atoms with Crippen molar-refractivity contribution in [2.75, 3.05) is 6.54 Å². The summed E-state index contributed by atoms with van der Waals surface area (Å²) < 4.78 is 39.8. The first-order valence-corrected chi connectivity index (χ1v) is 12.6. The third-order valence-corrected chi connectivity index (χ3v) is 5.75. The lowest BCUT2D eigenvalue weighted by Crippen LogP contribution is -2.38. The van der Waals surface area contributed by atoms with E-state index >= 15 is 0 Å². The van der Waals surface area contributed by atoms with Gasteiger partial charge in [-0.2, -0.15) is 8.78 Å². The second-order valence-electron chi connectivity index (χ2n) is 10.3. The molecule has 0 aliphatic rings. The zero-order valence-electron chi connectivity index (χ0n) is 22.8. The van der Waals surface area contributed by atoms with E-state index in [1.54, 1.807) is 29.2 Å². The lowest BCUT2D eigenvalue weighted by atomic mass is 10.0. The Labute approximate surface area is 223 Å². The highest BCUT2D eigenvalue weighted by atomic mass is 19.3. The van der Waals surface area contributed by atoms with Crippen LogP contribution in [0.2, 0.25) is 0 Å². The Kier molecular flexibility index (Phi) is 10.7. The number of guanidine groups is 1. The van der Waals surface area contributed by atoms with E-state index in [-0.39, 0.29) is 23.6 Å². The van der Waals surface area contributed by atoms with Gasteiger partial charge < -0.3 is 25.3 Å². The molecule has 1 unspecified atom stereocenters. The van der Waals surface area contributed by atoms with Gasteiger partial charge in [0.25, 0.3) is 5.92 Å². The fraction of sp³-hybridized carbons (Fsp3) is 0.448. The molecule has 7 nitrogen and oxygen atoms in total. The Morgan fingerprint density at radius 1 is 1.11 bits per heavy atom. The van der Waals surface area contributed by atoms with Gasteiger partial charge in [-0.15, -0.1) is 0 Å². The number of halogens is 2. The van der Waals surface area contributed by atoms with Crippen molar-refractivity contribution >= 4 is 11.9 Å². The quantitative estimate of drug-likeness (QED) is 0.0872. The van der Waals surface area contributed by atoms with Crippen LogP contribution < -0.4 is 10.5 Å². The van der Waals surface area contributed by atoms with Crippen molar-refractivity contribution < 1.29 is 28.3 Å². The van der Waals surface area contributed by atoms with E-state index in [1.165, 1.54) is 19.1 Å². The number of esters is 1. The maximum Gasteiger partial charge on any atom is 0.347 e. The zero-order valence-corrected chi connectivity index (χ0v) is 22.8. The number of allylic oxidation sites excluding steroid dienone is 1. The molecule has 38 heavy (non-hydrogen) atoms. The highest BCUT2D eigenvalue weighted by Crippen LogP contribution is 2.34. The van der Waals surface area contributed by atoms with Gasteiger partial charge in [-0.25, -0.2) is 4.79 Å². The Bertz CT molecular complexity index is 1090. The van der Waals surface area contributed by atoms with Crippen LogP contribution in [0.3, 0.4) is 0 Å². The molecule has 0 spiro atoms. The van der Waals surface area contributed by atoms with Crippen LogP contribution in [-0.4, -0.2) is 40.3 Å². The number of benzene rings is 2. The minimum atomic E-state index is -3.11. The molecule has 0 fully saturated rings. The summed E-state index contributed by atoms with van der Waals surface area (Å²) >= 11 is 0. The molecule has 0 radical (unpaired) electrons. The molecule has 0 aliphatic carbocycles. The van der Waals surface area contributed by atoms with Crippen LogP contribution in [0.5, 0.6) is 5.75 Å². The number of nitrogens with zero attached hydrogens (tertiary/aromatic N) is 2. The van der Waals surface area contributed by atoms with E-state index in [4.69, 9.17) is 15.2 Å². The molecule has 0 bridgehead atoms. The topological polar surface area (TPSA) is 97.4 Å². The van der Waals surface area contributed by atoms with Crippen molar-refractivity contribution in [3.05, 3.63) is 77.4 Å². The Morgan fingerprint density at radius 3 is 2.18 bits per heavy atom. The van der Waals surface area contributed by atoms with Crippen LogP contribution in [0.1, 0.15) is 64.2 Å². The van der Waals surface area contributed by atoms with Crippen LogP contribution in [0.15, 0.2) is 65.8 Å². The number of carbonyl (C=O) groups excluding carboxylic acids is 1. The number of rotatable bonds is 12. The van der Waals surface area contributed by atoms with Gasteiger partial charge in [-0.1, -0.05) is 61.5 Å². The molecule has 0 aromatic heterocycles. The fourth-order valence-electron chi connectivity index (χ4n) is 3.64. The summed E-state index contributed by atoms with van der Waals surface area (Å²) in [6, 6.07) is 13.2. The molecular formula is C29H39F2N3O4. The normalized spacial score (nSPS) is 13.1. The predicted molar refractivity (Wildman–Crippen MR) is 144 cm³/mol. The second kappa shape index (κ2) is 13.3. The molecular weight excluding hydrogens is 492 g/mol. The average molecular weight is 532 g/mol. The molecule has 0 saturated heterocycles. The average Bonchev–Trinajstić information content (AvgIpc) is 2.85. The molecule has 208 valence electrons. The van der Waals surface area contributed by atoms with Gasteiger partial charge in [-0.05, 0) is 69.4 Å². The van der Waals surface area contributed by atoms with Gasteiger partial charge in [0, 0.05) is 18.7 Å². The number of ether oxygens (including phenoxy) is 2. The van der Waals surface area contributed by atoms with E-state index in [2.05, 4.69) is 11.7 Å². The Morgan fingerprint density at radius 2 is 1.68 bits per heavy atom. The monoisotopic (exact) mass is 531 g/mol. The smallest absolute Gasteiger partial charge is 0.347 e. The number of hydrogen-bond donors (Lipinski definition) is 2. The van der Waals surface area contributed by atoms with E-state index in [1.807, 2.05) is 39.8 Å². The molecule has 2 rings (SSSR count). The first-order chi connectivity index (χ1) is 17.8. The largest absolute Gasteiger partial charge is 0.479 e. The van der Waals surface area contributed by atoms with Crippen molar-refractivity contribution in [1.29, 1.82) is 0 Å². The van der Waals surface area contributed by atoms with Gasteiger partial charge in [0.2, 0.25) is 5.96 Å². The van der Waals surface area contributed by atoms with E-state index in [0.29, 0.717) is 25.1 Å². The summed E-state index contributed by atoms with van der Waals surface area (Å²) in [5, 5.41) is 12.3. The summed E-state index contributed by atoms with van der Waals surface area (Å²) in [6.07, 6.45) is 1.18. The summed E-state index contributed by atoms with van der Waals surface area (Å²) in [6.45, 7) is 12.8. The third kappa shape index (κ3) is 9.04. The maximum absolute atomic E-state index is 14.2. The van der Waals surface area contributed by atoms with Crippen LogP contribution >= 0.6 is 0 Å². The number of carbonyl (C=O) groups is 1. The van der Waals surface area contributed by atoms with Crippen molar-refractivity contribution in [3.8, 4) is 5.75 Å². The molecule has 0 heterocycles. The summed E-state index contributed by atoms with van der Waals surface area (Å²) in [4.78, 5) is 14.1. The van der Waals surface area contributed by atoms with Gasteiger partial charge in [0.1, 0.15) is 11.4 Å². The van der Waals surface area contributed by atoms with E-state index < -0.39 is 23.6 Å². The molecule has 0 amide bonds. The molecule has 9 heteroatoms. The van der Waals surface area contributed by atoms with Gasteiger partial charge in [0.05, 0.1) is 0 Å². The fourth-order valence-corrected chi connectivity index (χ4v) is 3.64. The van der Waals surface area contributed by atoms with Crippen molar-refractivity contribution in [1.82, 2.24) is 4.90 Å². The van der Waals surface area contributed by atoms with Crippen molar-refractivity contribution in [2.45, 2.75) is 78.1 Å². The standard InChI is InChI=1S/C29H39F2N3O4/c1-7-8-25(26(35)38-28(4,5)6)37-24-15-11-21(12-16-24)17-18-34(27(32)33-36)19-22-9-13-23(14-10-22)29(30,31)20(2)3/h9-16,25,36H,2,7-8,17-19H2,1,3-6H3,(H2,32,33). The number of alkyl halides is 2. The zero-order chi connectivity index (χ0) is 28.5. The lowest BCUT2D eigenvalue weighted by molar-refractivity contribution is -0.163. The van der Waals surface area contributed by atoms with E-state index in [9.17, 15) is 18.8 Å². The maximum atomic E-state index is 14.2. The van der Waals surface area contributed by atoms with Gasteiger partial charge in [-0.3, -0.25) is 0 Å². The van der Waals surface area contributed by atoms with Crippen LogP contribution in [-0.2, 0) is 28.4 Å². The third-order valence-electron chi connectivity index (χ3n) is 5.75. The van der Waals surface area contributed by atoms with Gasteiger partial charge in [0.15, 0.2) is 6.10 Å². The Balaban J connectivity index is 2.04. The van der Waals surface area contributed by atoms with Gasteiger partial charge >= 0.3 is 5.97 Å². The number of hydrogen-bond acceptors (Lipinski definition) is 5. The second-order valence-corrected chi connectivity index (χ2v) is 10.3. The lowest BCUT2D eigenvalue weighted by Gasteiger charge is -2.24. The molecule has 2 aromatic carbocycles. The first-order valence-electron chi connectivity index (χ1n) is 12.6. The molecule has 0 saturated carbocycles. The van der Waals surface area contributed by atoms with Crippen LogP contribution in [0, 0.1) is 0 Å². The SMILES string of the molecule is C=C(C)C(F)(F)c1ccc(CN(CCc2ccc(OC(CCC)C(=O)OC(C)(C)C)cc2)/C(N)=N/O)cc1. The summed E-state index contributed by atoms with van der Waals surface area (Å²) in [5.74, 6) is -3.03. The highest BCUT2D eigenvalue weighted by molar-refractivity contribution is 5.77. The summed E-state index contributed by atoms with van der Waals surface area (Å²) in [5.41, 5.74) is 6.60.